The Morgan fingerprint density at radius 1 is 1.30 bits per heavy atom. The molecule has 1 unspecified atom stereocenters. The third kappa shape index (κ3) is 4.38. The first-order valence-corrected chi connectivity index (χ1v) is 9.54. The molecule has 2 heterocycles. The Hall–Kier alpha value is 0.270. The van der Waals surface area contributed by atoms with Crippen LogP contribution in [-0.4, -0.2) is 36.3 Å². The molecule has 0 aromatic rings. The molecule has 3 heteroatoms. The molecule has 0 radical (unpaired) electrons. The molecule has 0 aliphatic carbocycles. The van der Waals surface area contributed by atoms with E-state index in [2.05, 4.69) is 44.8 Å². The van der Waals surface area contributed by atoms with Crippen molar-refractivity contribution in [1.29, 1.82) is 0 Å². The van der Waals surface area contributed by atoms with Crippen LogP contribution in [0.2, 0.25) is 0 Å². The molecule has 0 amide bonds. The number of ether oxygens (including phenoxy) is 1. The van der Waals surface area contributed by atoms with Gasteiger partial charge in [0.2, 0.25) is 0 Å². The van der Waals surface area contributed by atoms with Gasteiger partial charge in [-0.05, 0) is 61.5 Å². The molecule has 1 spiro atoms. The van der Waals surface area contributed by atoms with Crippen LogP contribution in [0.1, 0.15) is 59.8 Å². The summed E-state index contributed by atoms with van der Waals surface area (Å²) in [5, 5.41) is 3.58. The summed E-state index contributed by atoms with van der Waals surface area (Å²) >= 11 is 2.10. The maximum Gasteiger partial charge on any atom is 0.0701 e. The summed E-state index contributed by atoms with van der Waals surface area (Å²) in [6.45, 7) is 11.5. The molecule has 20 heavy (non-hydrogen) atoms. The molecule has 2 saturated heterocycles. The van der Waals surface area contributed by atoms with Gasteiger partial charge in [0.25, 0.3) is 0 Å². The summed E-state index contributed by atoms with van der Waals surface area (Å²) < 4.78 is 6.25. The van der Waals surface area contributed by atoms with E-state index in [4.69, 9.17) is 4.74 Å². The number of thioether (sulfide) groups is 1. The van der Waals surface area contributed by atoms with Crippen molar-refractivity contribution >= 4 is 11.8 Å². The molecule has 2 rings (SSSR count). The minimum absolute atomic E-state index is 0.233. The molecule has 0 bridgehead atoms. The molecule has 2 aliphatic heterocycles. The molecule has 0 aromatic carbocycles. The summed E-state index contributed by atoms with van der Waals surface area (Å²) in [6, 6.07) is 0.599. The molecular weight excluding hydrogens is 266 g/mol. The topological polar surface area (TPSA) is 21.3 Å². The van der Waals surface area contributed by atoms with Crippen molar-refractivity contribution in [2.75, 3.05) is 24.7 Å². The highest BCUT2D eigenvalue weighted by molar-refractivity contribution is 7.99. The standard InChI is InChI=1S/C17H33NOS/c1-14(2)18-9-6-16(3,4)15-5-10-19-17(13-15)7-11-20-12-8-17/h14-15,18H,5-13H2,1-4H3. The highest BCUT2D eigenvalue weighted by atomic mass is 32.2. The van der Waals surface area contributed by atoms with Crippen molar-refractivity contribution in [2.24, 2.45) is 11.3 Å². The summed E-state index contributed by atoms with van der Waals surface area (Å²) in [5.41, 5.74) is 0.667. The van der Waals surface area contributed by atoms with E-state index in [0.29, 0.717) is 11.5 Å². The van der Waals surface area contributed by atoms with E-state index in [1.807, 2.05) is 0 Å². The molecular formula is C17H33NOS. The predicted octanol–water partition coefficient (Wildman–Crippen LogP) is 4.09. The van der Waals surface area contributed by atoms with Crippen LogP contribution in [0.4, 0.5) is 0 Å². The number of hydrogen-bond acceptors (Lipinski definition) is 3. The van der Waals surface area contributed by atoms with E-state index in [1.165, 1.54) is 43.6 Å². The zero-order valence-corrected chi connectivity index (χ0v) is 14.7. The van der Waals surface area contributed by atoms with E-state index in [-0.39, 0.29) is 5.60 Å². The second-order valence-corrected chi connectivity index (χ2v) is 8.91. The van der Waals surface area contributed by atoms with Gasteiger partial charge < -0.3 is 10.1 Å². The van der Waals surface area contributed by atoms with Crippen LogP contribution < -0.4 is 5.32 Å². The Labute approximate surface area is 129 Å². The van der Waals surface area contributed by atoms with Gasteiger partial charge in [-0.25, -0.2) is 0 Å². The Morgan fingerprint density at radius 3 is 2.65 bits per heavy atom. The lowest BCUT2D eigenvalue weighted by atomic mass is 9.67. The van der Waals surface area contributed by atoms with Crippen LogP contribution in [0, 0.1) is 11.3 Å². The smallest absolute Gasteiger partial charge is 0.0701 e. The molecule has 1 N–H and O–H groups in total. The summed E-state index contributed by atoms with van der Waals surface area (Å²) in [4.78, 5) is 0. The monoisotopic (exact) mass is 299 g/mol. The Kier molecular flexibility index (Phi) is 5.84. The summed E-state index contributed by atoms with van der Waals surface area (Å²) in [7, 11) is 0. The average molecular weight is 300 g/mol. The van der Waals surface area contributed by atoms with Gasteiger partial charge in [0.1, 0.15) is 0 Å². The third-order valence-corrected chi connectivity index (χ3v) is 6.31. The zero-order valence-electron chi connectivity index (χ0n) is 13.8. The van der Waals surface area contributed by atoms with Gasteiger partial charge in [0, 0.05) is 12.6 Å². The molecule has 0 aromatic heterocycles. The van der Waals surface area contributed by atoms with Crippen LogP contribution in [0.5, 0.6) is 0 Å². The highest BCUT2D eigenvalue weighted by Crippen LogP contribution is 2.46. The quantitative estimate of drug-likeness (QED) is 0.826. The number of hydrogen-bond donors (Lipinski definition) is 1. The van der Waals surface area contributed by atoms with Crippen molar-refractivity contribution in [1.82, 2.24) is 5.32 Å². The SMILES string of the molecule is CC(C)NCCC(C)(C)C1CCOC2(CCSCC2)C1. The van der Waals surface area contributed by atoms with Gasteiger partial charge in [0.15, 0.2) is 0 Å². The van der Waals surface area contributed by atoms with Crippen LogP contribution in [-0.2, 0) is 4.74 Å². The van der Waals surface area contributed by atoms with Gasteiger partial charge in [-0.2, -0.15) is 11.8 Å². The molecule has 2 fully saturated rings. The van der Waals surface area contributed by atoms with E-state index in [1.54, 1.807) is 0 Å². The van der Waals surface area contributed by atoms with Crippen molar-refractivity contribution in [2.45, 2.75) is 71.4 Å². The van der Waals surface area contributed by atoms with Crippen LogP contribution in [0.15, 0.2) is 0 Å². The lowest BCUT2D eigenvalue weighted by Crippen LogP contribution is -2.46. The average Bonchev–Trinajstić information content (AvgIpc) is 2.39. The fourth-order valence-corrected chi connectivity index (χ4v) is 4.91. The maximum absolute atomic E-state index is 6.25. The fourth-order valence-electron chi connectivity index (χ4n) is 3.67. The van der Waals surface area contributed by atoms with Crippen molar-refractivity contribution in [3.8, 4) is 0 Å². The molecule has 1 atom stereocenters. The zero-order chi connectivity index (χ0) is 14.6. The minimum atomic E-state index is 0.233. The maximum atomic E-state index is 6.25. The summed E-state index contributed by atoms with van der Waals surface area (Å²) in [5.74, 6) is 3.41. The molecule has 2 aliphatic rings. The van der Waals surface area contributed by atoms with E-state index < -0.39 is 0 Å². The first-order chi connectivity index (χ1) is 9.44. The van der Waals surface area contributed by atoms with Crippen LogP contribution in [0.3, 0.4) is 0 Å². The first kappa shape index (κ1) is 16.6. The Bertz CT molecular complexity index is 292. The van der Waals surface area contributed by atoms with Gasteiger partial charge in [-0.1, -0.05) is 27.7 Å². The Balaban J connectivity index is 1.89. The summed E-state index contributed by atoms with van der Waals surface area (Å²) in [6.07, 6.45) is 6.37. The van der Waals surface area contributed by atoms with Crippen LogP contribution in [0.25, 0.3) is 0 Å². The van der Waals surface area contributed by atoms with E-state index in [9.17, 15) is 0 Å². The number of nitrogens with one attached hydrogen (secondary N) is 1. The lowest BCUT2D eigenvalue weighted by Gasteiger charge is -2.48. The van der Waals surface area contributed by atoms with Crippen molar-refractivity contribution < 1.29 is 4.74 Å². The van der Waals surface area contributed by atoms with Gasteiger partial charge in [0.05, 0.1) is 5.60 Å². The molecule has 0 saturated carbocycles. The second kappa shape index (κ2) is 7.02. The van der Waals surface area contributed by atoms with Crippen molar-refractivity contribution in [3.63, 3.8) is 0 Å². The van der Waals surface area contributed by atoms with Gasteiger partial charge >= 0.3 is 0 Å². The second-order valence-electron chi connectivity index (χ2n) is 7.68. The largest absolute Gasteiger partial charge is 0.375 e. The molecule has 118 valence electrons. The van der Waals surface area contributed by atoms with E-state index >= 15 is 0 Å². The number of rotatable bonds is 5. The Morgan fingerprint density at radius 2 is 2.00 bits per heavy atom. The fraction of sp³-hybridized carbons (Fsp3) is 1.00. The third-order valence-electron chi connectivity index (χ3n) is 5.32. The lowest BCUT2D eigenvalue weighted by molar-refractivity contribution is -0.121. The minimum Gasteiger partial charge on any atom is -0.375 e. The first-order valence-electron chi connectivity index (χ1n) is 8.39. The normalized spacial score (nSPS) is 27.1. The predicted molar refractivity (Wildman–Crippen MR) is 89.5 cm³/mol. The molecule has 2 nitrogen and oxygen atoms in total. The van der Waals surface area contributed by atoms with Gasteiger partial charge in [-0.15, -0.1) is 0 Å². The van der Waals surface area contributed by atoms with Crippen molar-refractivity contribution in [3.05, 3.63) is 0 Å². The van der Waals surface area contributed by atoms with Crippen LogP contribution >= 0.6 is 11.8 Å². The van der Waals surface area contributed by atoms with Gasteiger partial charge in [-0.3, -0.25) is 0 Å². The van der Waals surface area contributed by atoms with E-state index in [0.717, 1.165) is 19.1 Å². The highest BCUT2D eigenvalue weighted by Gasteiger charge is 2.43.